The second-order valence-electron chi connectivity index (χ2n) is 6.15. The second-order valence-corrected chi connectivity index (χ2v) is 8.27. The molecule has 1 aromatic rings. The maximum absolute atomic E-state index is 12.4. The number of rotatable bonds is 9. The number of ether oxygens (including phenoxy) is 1. The minimum atomic E-state index is -3.53. The minimum Gasteiger partial charge on any atom is -0.491 e. The van der Waals surface area contributed by atoms with Gasteiger partial charge in [0.25, 0.3) is 0 Å². The monoisotopic (exact) mass is 371 g/mol. The molecule has 1 aromatic carbocycles. The fourth-order valence-corrected chi connectivity index (χ4v) is 3.05. The zero-order valence-electron chi connectivity index (χ0n) is 15.6. The average molecular weight is 372 g/mol. The number of nitrogens with zero attached hydrogens (tertiary/aromatic N) is 1. The van der Waals surface area contributed by atoms with Crippen LogP contribution in [-0.4, -0.2) is 45.9 Å². The number of hydrogen-bond donors (Lipinski definition) is 2. The number of anilines is 1. The average Bonchev–Trinajstić information content (AvgIpc) is 2.54. The lowest BCUT2D eigenvalue weighted by atomic mass is 10.3. The summed E-state index contributed by atoms with van der Waals surface area (Å²) in [5.41, 5.74) is 0.542. The third kappa shape index (κ3) is 7.21. The molecule has 2 N–H and O–H groups in total. The number of sulfonamides is 1. The number of benzene rings is 1. The summed E-state index contributed by atoms with van der Waals surface area (Å²) in [6.45, 7) is 7.74. The number of nitrogens with one attached hydrogen (secondary N) is 2. The van der Waals surface area contributed by atoms with Gasteiger partial charge in [-0.1, -0.05) is 6.92 Å². The van der Waals surface area contributed by atoms with Crippen molar-refractivity contribution in [3.05, 3.63) is 24.3 Å². The normalized spacial score (nSPS) is 12.6. The van der Waals surface area contributed by atoms with Crippen LogP contribution in [0.2, 0.25) is 0 Å². The van der Waals surface area contributed by atoms with Gasteiger partial charge >= 0.3 is 6.03 Å². The molecule has 0 bridgehead atoms. The molecule has 2 amide bonds. The van der Waals surface area contributed by atoms with Crippen LogP contribution in [0.4, 0.5) is 10.5 Å². The van der Waals surface area contributed by atoms with E-state index in [0.717, 1.165) is 6.42 Å². The molecular formula is C17H29N3O4S. The van der Waals surface area contributed by atoms with Gasteiger partial charge < -0.3 is 15.4 Å². The molecule has 0 aliphatic heterocycles. The lowest BCUT2D eigenvalue weighted by Crippen LogP contribution is -2.43. The SMILES string of the molecule is CCC(C)NC(=O)NCCS(=O)(=O)N(C)c1ccc(OC(C)C)cc1. The molecule has 0 radical (unpaired) electrons. The summed E-state index contributed by atoms with van der Waals surface area (Å²) in [5.74, 6) is 0.509. The first-order chi connectivity index (χ1) is 11.7. The molecule has 0 aromatic heterocycles. The van der Waals surface area contributed by atoms with Crippen molar-refractivity contribution in [2.45, 2.75) is 46.3 Å². The summed E-state index contributed by atoms with van der Waals surface area (Å²) in [5, 5.41) is 5.29. The summed E-state index contributed by atoms with van der Waals surface area (Å²) in [4.78, 5) is 11.6. The fourth-order valence-electron chi connectivity index (χ4n) is 1.97. The Labute approximate surface area is 150 Å². The highest BCUT2D eigenvalue weighted by molar-refractivity contribution is 7.92. The Bertz CT molecular complexity index is 644. The fraction of sp³-hybridized carbons (Fsp3) is 0.588. The first-order valence-corrected chi connectivity index (χ1v) is 10.0. The molecule has 25 heavy (non-hydrogen) atoms. The highest BCUT2D eigenvalue weighted by atomic mass is 32.2. The van der Waals surface area contributed by atoms with Gasteiger partial charge in [-0.05, 0) is 51.5 Å². The molecule has 142 valence electrons. The van der Waals surface area contributed by atoms with E-state index in [2.05, 4.69) is 10.6 Å². The maximum atomic E-state index is 12.4. The van der Waals surface area contributed by atoms with Gasteiger partial charge in [-0.2, -0.15) is 0 Å². The van der Waals surface area contributed by atoms with E-state index in [1.165, 1.54) is 11.4 Å². The van der Waals surface area contributed by atoms with Crippen LogP contribution in [0.5, 0.6) is 5.75 Å². The van der Waals surface area contributed by atoms with Crippen LogP contribution in [-0.2, 0) is 10.0 Å². The van der Waals surface area contributed by atoms with Crippen molar-refractivity contribution in [3.8, 4) is 5.75 Å². The Kier molecular flexibility index (Phi) is 8.02. The number of urea groups is 1. The van der Waals surface area contributed by atoms with E-state index >= 15 is 0 Å². The van der Waals surface area contributed by atoms with Crippen LogP contribution in [0.25, 0.3) is 0 Å². The van der Waals surface area contributed by atoms with Gasteiger partial charge in [-0.3, -0.25) is 4.31 Å². The highest BCUT2D eigenvalue weighted by Crippen LogP contribution is 2.21. The van der Waals surface area contributed by atoms with Crippen LogP contribution in [0, 0.1) is 0 Å². The zero-order chi connectivity index (χ0) is 19.0. The molecule has 0 aliphatic carbocycles. The molecule has 0 saturated carbocycles. The van der Waals surface area contributed by atoms with E-state index < -0.39 is 10.0 Å². The van der Waals surface area contributed by atoms with Gasteiger partial charge in [0.1, 0.15) is 5.75 Å². The van der Waals surface area contributed by atoms with Gasteiger partial charge in [0, 0.05) is 19.6 Å². The molecule has 0 saturated heterocycles. The predicted octanol–water partition coefficient (Wildman–Crippen LogP) is 2.34. The molecular weight excluding hydrogens is 342 g/mol. The Morgan fingerprint density at radius 1 is 1.20 bits per heavy atom. The van der Waals surface area contributed by atoms with Crippen molar-refractivity contribution in [2.24, 2.45) is 0 Å². The van der Waals surface area contributed by atoms with Crippen LogP contribution >= 0.6 is 0 Å². The smallest absolute Gasteiger partial charge is 0.315 e. The van der Waals surface area contributed by atoms with E-state index in [9.17, 15) is 13.2 Å². The van der Waals surface area contributed by atoms with Crippen molar-refractivity contribution in [1.82, 2.24) is 10.6 Å². The van der Waals surface area contributed by atoms with Crippen molar-refractivity contribution in [1.29, 1.82) is 0 Å². The maximum Gasteiger partial charge on any atom is 0.315 e. The highest BCUT2D eigenvalue weighted by Gasteiger charge is 2.19. The first-order valence-electron chi connectivity index (χ1n) is 8.43. The Morgan fingerprint density at radius 2 is 1.80 bits per heavy atom. The van der Waals surface area contributed by atoms with E-state index in [4.69, 9.17) is 4.74 Å². The summed E-state index contributed by atoms with van der Waals surface area (Å²) >= 11 is 0. The number of amides is 2. The Morgan fingerprint density at radius 3 is 2.32 bits per heavy atom. The third-order valence-electron chi connectivity index (χ3n) is 3.62. The molecule has 0 spiro atoms. The second kappa shape index (κ2) is 9.50. The van der Waals surface area contributed by atoms with Gasteiger partial charge in [0.2, 0.25) is 10.0 Å². The molecule has 0 aliphatic rings. The number of hydrogen-bond acceptors (Lipinski definition) is 4. The molecule has 0 heterocycles. The quantitative estimate of drug-likeness (QED) is 0.697. The first kappa shape index (κ1) is 21.1. The van der Waals surface area contributed by atoms with Gasteiger partial charge in [0.05, 0.1) is 17.5 Å². The lowest BCUT2D eigenvalue weighted by molar-refractivity contribution is 0.238. The van der Waals surface area contributed by atoms with Crippen LogP contribution < -0.4 is 19.7 Å². The van der Waals surface area contributed by atoms with Crippen molar-refractivity contribution in [3.63, 3.8) is 0 Å². The Hall–Kier alpha value is -1.96. The van der Waals surface area contributed by atoms with E-state index in [1.807, 2.05) is 27.7 Å². The largest absolute Gasteiger partial charge is 0.491 e. The van der Waals surface area contributed by atoms with Crippen LogP contribution in [0.3, 0.4) is 0 Å². The van der Waals surface area contributed by atoms with E-state index in [0.29, 0.717) is 11.4 Å². The lowest BCUT2D eigenvalue weighted by Gasteiger charge is -2.20. The Balaban J connectivity index is 2.58. The number of carbonyl (C=O) groups is 1. The van der Waals surface area contributed by atoms with E-state index in [-0.39, 0.29) is 30.5 Å². The van der Waals surface area contributed by atoms with Crippen LogP contribution in [0.1, 0.15) is 34.1 Å². The summed E-state index contributed by atoms with van der Waals surface area (Å²) in [7, 11) is -2.04. The van der Waals surface area contributed by atoms with E-state index in [1.54, 1.807) is 24.3 Å². The van der Waals surface area contributed by atoms with Gasteiger partial charge in [-0.15, -0.1) is 0 Å². The van der Waals surface area contributed by atoms with Gasteiger partial charge in [0.15, 0.2) is 0 Å². The topological polar surface area (TPSA) is 87.7 Å². The van der Waals surface area contributed by atoms with Gasteiger partial charge in [-0.25, -0.2) is 13.2 Å². The van der Waals surface area contributed by atoms with Crippen molar-refractivity contribution in [2.75, 3.05) is 23.7 Å². The molecule has 7 nitrogen and oxygen atoms in total. The molecule has 8 heteroatoms. The molecule has 0 fully saturated rings. The summed E-state index contributed by atoms with van der Waals surface area (Å²) in [6, 6.07) is 6.54. The summed E-state index contributed by atoms with van der Waals surface area (Å²) in [6.07, 6.45) is 0.866. The molecule has 1 unspecified atom stereocenters. The van der Waals surface area contributed by atoms with Crippen LogP contribution in [0.15, 0.2) is 24.3 Å². The van der Waals surface area contributed by atoms with Crippen molar-refractivity contribution >= 4 is 21.7 Å². The van der Waals surface area contributed by atoms with Crippen molar-refractivity contribution < 1.29 is 17.9 Å². The molecule has 1 rings (SSSR count). The predicted molar refractivity (Wildman–Crippen MR) is 101 cm³/mol. The number of carbonyl (C=O) groups excluding carboxylic acids is 1. The third-order valence-corrected chi connectivity index (χ3v) is 5.39. The summed E-state index contributed by atoms with van der Waals surface area (Å²) < 4.78 is 31.5. The minimum absolute atomic E-state index is 0.0451. The zero-order valence-corrected chi connectivity index (χ0v) is 16.4. The molecule has 1 atom stereocenters. The standard InChI is InChI=1S/C17H29N3O4S/c1-6-14(4)19-17(21)18-11-12-25(22,23)20(5)15-7-9-16(10-8-15)24-13(2)3/h7-10,13-14H,6,11-12H2,1-5H3,(H2,18,19,21).